The molecule has 1 aliphatic heterocycles. The van der Waals surface area contributed by atoms with Gasteiger partial charge in [-0.15, -0.1) is 0 Å². The molecule has 3 aromatic rings. The van der Waals surface area contributed by atoms with E-state index < -0.39 is 0 Å². The van der Waals surface area contributed by atoms with Crippen LogP contribution < -0.4 is 0 Å². The molecule has 0 atom stereocenters. The molecule has 1 aliphatic rings. The summed E-state index contributed by atoms with van der Waals surface area (Å²) in [6.45, 7) is 3.79. The SMILES string of the molecule is Cc1[nH]c2ccccc2c1Cc1noc(CC2CCOCC2)n1. The quantitative estimate of drug-likeness (QED) is 0.802. The van der Waals surface area contributed by atoms with Crippen LogP contribution in [0, 0.1) is 12.8 Å². The van der Waals surface area contributed by atoms with Crippen molar-refractivity contribution in [3.8, 4) is 0 Å². The van der Waals surface area contributed by atoms with Crippen molar-refractivity contribution in [2.75, 3.05) is 13.2 Å². The Labute approximate surface area is 135 Å². The molecule has 4 rings (SSSR count). The average molecular weight is 311 g/mol. The van der Waals surface area contributed by atoms with Crippen molar-refractivity contribution in [1.29, 1.82) is 0 Å². The third-order valence-electron chi connectivity index (χ3n) is 4.68. The van der Waals surface area contributed by atoms with E-state index >= 15 is 0 Å². The van der Waals surface area contributed by atoms with Gasteiger partial charge in [0.2, 0.25) is 5.89 Å². The van der Waals surface area contributed by atoms with E-state index in [-0.39, 0.29) is 0 Å². The number of hydrogen-bond acceptors (Lipinski definition) is 4. The Balaban J connectivity index is 1.51. The number of hydrogen-bond donors (Lipinski definition) is 1. The van der Waals surface area contributed by atoms with E-state index in [9.17, 15) is 0 Å². The highest BCUT2D eigenvalue weighted by molar-refractivity contribution is 5.84. The van der Waals surface area contributed by atoms with Gasteiger partial charge in [0.15, 0.2) is 5.82 Å². The molecule has 1 fully saturated rings. The molecule has 1 saturated heterocycles. The van der Waals surface area contributed by atoms with Crippen LogP contribution >= 0.6 is 0 Å². The number of aromatic amines is 1. The molecule has 1 N–H and O–H groups in total. The lowest BCUT2D eigenvalue weighted by Crippen LogP contribution is -2.17. The molecule has 0 aliphatic carbocycles. The largest absolute Gasteiger partial charge is 0.381 e. The number of aromatic nitrogens is 3. The zero-order valence-electron chi connectivity index (χ0n) is 13.3. The summed E-state index contributed by atoms with van der Waals surface area (Å²) in [5, 5.41) is 5.41. The third kappa shape index (κ3) is 3.01. The minimum Gasteiger partial charge on any atom is -0.381 e. The predicted octanol–water partition coefficient (Wildman–Crippen LogP) is 3.42. The van der Waals surface area contributed by atoms with Gasteiger partial charge in [-0.05, 0) is 37.3 Å². The molecular formula is C18H21N3O2. The fourth-order valence-corrected chi connectivity index (χ4v) is 3.36. The van der Waals surface area contributed by atoms with Crippen LogP contribution in [0.3, 0.4) is 0 Å². The van der Waals surface area contributed by atoms with Crippen LogP contribution in [0.5, 0.6) is 0 Å². The summed E-state index contributed by atoms with van der Waals surface area (Å²) >= 11 is 0. The second-order valence-electron chi connectivity index (χ2n) is 6.32. The molecule has 5 heteroatoms. The van der Waals surface area contributed by atoms with Crippen LogP contribution in [0.1, 0.15) is 35.8 Å². The number of benzene rings is 1. The first kappa shape index (κ1) is 14.5. The number of nitrogens with one attached hydrogen (secondary N) is 1. The maximum absolute atomic E-state index is 5.46. The van der Waals surface area contributed by atoms with Gasteiger partial charge in [-0.1, -0.05) is 23.4 Å². The van der Waals surface area contributed by atoms with Crippen LogP contribution in [0.15, 0.2) is 28.8 Å². The Morgan fingerprint density at radius 3 is 2.91 bits per heavy atom. The minimum atomic E-state index is 0.604. The Bertz CT molecular complexity index is 800. The first-order chi connectivity index (χ1) is 11.3. The lowest BCUT2D eigenvalue weighted by molar-refractivity contribution is 0.0642. The lowest BCUT2D eigenvalue weighted by atomic mass is 9.97. The molecular weight excluding hydrogens is 290 g/mol. The fourth-order valence-electron chi connectivity index (χ4n) is 3.36. The second kappa shape index (κ2) is 6.16. The van der Waals surface area contributed by atoms with E-state index in [2.05, 4.69) is 40.2 Å². The van der Waals surface area contributed by atoms with Gasteiger partial charge in [-0.25, -0.2) is 0 Å². The Kier molecular flexibility index (Phi) is 3.87. The summed E-state index contributed by atoms with van der Waals surface area (Å²) in [4.78, 5) is 8.01. The maximum Gasteiger partial charge on any atom is 0.226 e. The van der Waals surface area contributed by atoms with Gasteiger partial charge in [0, 0.05) is 42.7 Å². The van der Waals surface area contributed by atoms with Crippen molar-refractivity contribution < 1.29 is 9.26 Å². The molecule has 0 radical (unpaired) electrons. The normalized spacial score (nSPS) is 16.2. The standard InChI is InChI=1S/C18H21N3O2/c1-12-15(14-4-2-3-5-16(14)19-12)11-17-20-18(23-21-17)10-13-6-8-22-9-7-13/h2-5,13,19H,6-11H2,1H3. The summed E-state index contributed by atoms with van der Waals surface area (Å²) in [6, 6.07) is 8.34. The molecule has 0 amide bonds. The topological polar surface area (TPSA) is 63.9 Å². The van der Waals surface area contributed by atoms with Crippen molar-refractivity contribution in [2.45, 2.75) is 32.6 Å². The van der Waals surface area contributed by atoms with Gasteiger partial charge >= 0.3 is 0 Å². The molecule has 2 aromatic heterocycles. The van der Waals surface area contributed by atoms with Crippen LogP contribution in [0.4, 0.5) is 0 Å². The molecule has 3 heterocycles. The second-order valence-corrected chi connectivity index (χ2v) is 6.32. The molecule has 0 bridgehead atoms. The zero-order valence-corrected chi connectivity index (χ0v) is 13.3. The van der Waals surface area contributed by atoms with E-state index in [1.165, 1.54) is 16.6 Å². The van der Waals surface area contributed by atoms with E-state index in [0.29, 0.717) is 12.3 Å². The van der Waals surface area contributed by atoms with Crippen molar-refractivity contribution >= 4 is 10.9 Å². The van der Waals surface area contributed by atoms with Crippen molar-refractivity contribution in [3.63, 3.8) is 0 Å². The average Bonchev–Trinajstić information content (AvgIpc) is 3.14. The number of nitrogens with zero attached hydrogens (tertiary/aromatic N) is 2. The molecule has 5 nitrogen and oxygen atoms in total. The van der Waals surface area contributed by atoms with Gasteiger partial charge in [0.1, 0.15) is 0 Å². The number of fused-ring (bicyclic) bond motifs is 1. The van der Waals surface area contributed by atoms with Gasteiger partial charge in [-0.3, -0.25) is 0 Å². The zero-order chi connectivity index (χ0) is 15.6. The highest BCUT2D eigenvalue weighted by Gasteiger charge is 2.18. The van der Waals surface area contributed by atoms with Crippen LogP contribution in [-0.4, -0.2) is 28.3 Å². The number of H-pyrrole nitrogens is 1. The molecule has 0 unspecified atom stereocenters. The molecule has 1 aromatic carbocycles. The van der Waals surface area contributed by atoms with Crippen LogP contribution in [-0.2, 0) is 17.6 Å². The van der Waals surface area contributed by atoms with Gasteiger partial charge in [0.25, 0.3) is 0 Å². The monoisotopic (exact) mass is 311 g/mol. The molecule has 120 valence electrons. The predicted molar refractivity (Wildman–Crippen MR) is 87.4 cm³/mol. The van der Waals surface area contributed by atoms with Gasteiger partial charge in [-0.2, -0.15) is 4.98 Å². The summed E-state index contributed by atoms with van der Waals surface area (Å²) < 4.78 is 10.9. The number of rotatable bonds is 4. The Hall–Kier alpha value is -2.14. The maximum atomic E-state index is 5.46. The highest BCUT2D eigenvalue weighted by Crippen LogP contribution is 2.24. The number of ether oxygens (including phenoxy) is 1. The summed E-state index contributed by atoms with van der Waals surface area (Å²) in [6.07, 6.45) is 3.73. The fraction of sp³-hybridized carbons (Fsp3) is 0.444. The Morgan fingerprint density at radius 1 is 1.22 bits per heavy atom. The van der Waals surface area contributed by atoms with Gasteiger partial charge in [0.05, 0.1) is 0 Å². The summed E-state index contributed by atoms with van der Waals surface area (Å²) in [5.74, 6) is 2.12. The van der Waals surface area contributed by atoms with Crippen molar-refractivity contribution in [1.82, 2.24) is 15.1 Å². The first-order valence-electron chi connectivity index (χ1n) is 8.25. The summed E-state index contributed by atoms with van der Waals surface area (Å²) in [5.41, 5.74) is 3.58. The lowest BCUT2D eigenvalue weighted by Gasteiger charge is -2.19. The van der Waals surface area contributed by atoms with E-state index in [1.54, 1.807) is 0 Å². The highest BCUT2D eigenvalue weighted by atomic mass is 16.5. The van der Waals surface area contributed by atoms with Crippen molar-refractivity contribution in [3.05, 3.63) is 47.2 Å². The number of aryl methyl sites for hydroxylation is 1. The van der Waals surface area contributed by atoms with E-state index in [0.717, 1.165) is 49.7 Å². The Morgan fingerprint density at radius 2 is 2.04 bits per heavy atom. The third-order valence-corrected chi connectivity index (χ3v) is 4.68. The van der Waals surface area contributed by atoms with Crippen LogP contribution in [0.25, 0.3) is 10.9 Å². The first-order valence-corrected chi connectivity index (χ1v) is 8.25. The smallest absolute Gasteiger partial charge is 0.226 e. The molecule has 23 heavy (non-hydrogen) atoms. The van der Waals surface area contributed by atoms with Gasteiger partial charge < -0.3 is 14.2 Å². The van der Waals surface area contributed by atoms with E-state index in [1.807, 2.05) is 6.07 Å². The molecule has 0 saturated carbocycles. The minimum absolute atomic E-state index is 0.604. The summed E-state index contributed by atoms with van der Waals surface area (Å²) in [7, 11) is 0. The van der Waals surface area contributed by atoms with E-state index in [4.69, 9.17) is 9.26 Å². The van der Waals surface area contributed by atoms with Crippen LogP contribution in [0.2, 0.25) is 0 Å². The number of para-hydroxylation sites is 1. The van der Waals surface area contributed by atoms with Crippen molar-refractivity contribution in [2.24, 2.45) is 5.92 Å². The molecule has 0 spiro atoms.